The summed E-state index contributed by atoms with van der Waals surface area (Å²) in [6, 6.07) is 9.94. The van der Waals surface area contributed by atoms with Crippen molar-refractivity contribution >= 4 is 28.5 Å². The van der Waals surface area contributed by atoms with Crippen LogP contribution in [0.2, 0.25) is 0 Å². The molecule has 0 saturated heterocycles. The summed E-state index contributed by atoms with van der Waals surface area (Å²) in [7, 11) is 0. The number of hydrogen-bond acceptors (Lipinski definition) is 3. The van der Waals surface area contributed by atoms with Crippen LogP contribution in [0.15, 0.2) is 36.4 Å². The van der Waals surface area contributed by atoms with Crippen LogP contribution in [0.5, 0.6) is 0 Å². The molecule has 0 saturated carbocycles. The summed E-state index contributed by atoms with van der Waals surface area (Å²) in [5.41, 5.74) is 0.948. The Balaban J connectivity index is 2.08. The molecule has 1 heterocycles. The second-order valence-electron chi connectivity index (χ2n) is 5.88. The number of imide groups is 1. The second-order valence-corrected chi connectivity index (χ2v) is 5.88. The van der Waals surface area contributed by atoms with Gasteiger partial charge < -0.3 is 4.90 Å². The molecule has 0 N–H and O–H groups in total. The highest BCUT2D eigenvalue weighted by Gasteiger charge is 2.39. The lowest BCUT2D eigenvalue weighted by molar-refractivity contribution is -0.134. The molecule has 2 aromatic rings. The third kappa shape index (κ3) is 2.28. The smallest absolute Gasteiger partial charge is 0.262 e. The van der Waals surface area contributed by atoms with Gasteiger partial charge in [-0.3, -0.25) is 19.3 Å². The van der Waals surface area contributed by atoms with Crippen molar-refractivity contribution in [3.05, 3.63) is 47.5 Å². The normalized spacial score (nSPS) is 14.9. The molecule has 0 radical (unpaired) electrons. The lowest BCUT2D eigenvalue weighted by Gasteiger charge is -2.33. The van der Waals surface area contributed by atoms with Gasteiger partial charge in [-0.1, -0.05) is 24.3 Å². The molecule has 124 valence electrons. The SMILES string of the molecule is CCN(CC)C(=O)[C@H](C)N1C(=O)c2cccc3cccc(c23)C1=O. The standard InChI is InChI=1S/C19H20N2O3/c1-4-20(5-2)17(22)12(3)21-18(23)14-10-6-8-13-9-7-11-15(16(13)14)19(21)24/h6-12H,4-5H2,1-3H3/t12-/m0/s1. The van der Waals surface area contributed by atoms with Crippen LogP contribution in [0.3, 0.4) is 0 Å². The number of hydrogen-bond donors (Lipinski definition) is 0. The van der Waals surface area contributed by atoms with Crippen molar-refractivity contribution in [1.82, 2.24) is 9.80 Å². The molecule has 1 atom stereocenters. The first kappa shape index (κ1) is 16.2. The van der Waals surface area contributed by atoms with Crippen molar-refractivity contribution in [2.75, 3.05) is 13.1 Å². The van der Waals surface area contributed by atoms with Crippen LogP contribution in [0, 0.1) is 0 Å². The number of amides is 3. The van der Waals surface area contributed by atoms with Crippen molar-refractivity contribution in [3.8, 4) is 0 Å². The lowest BCUT2D eigenvalue weighted by atomic mass is 9.93. The number of rotatable bonds is 4. The van der Waals surface area contributed by atoms with Gasteiger partial charge in [0, 0.05) is 29.6 Å². The Morgan fingerprint density at radius 3 is 1.96 bits per heavy atom. The monoisotopic (exact) mass is 324 g/mol. The van der Waals surface area contributed by atoms with Gasteiger partial charge in [0.1, 0.15) is 6.04 Å². The van der Waals surface area contributed by atoms with Crippen LogP contribution in [0.4, 0.5) is 0 Å². The Morgan fingerprint density at radius 1 is 1.00 bits per heavy atom. The minimum atomic E-state index is -0.825. The highest BCUT2D eigenvalue weighted by Crippen LogP contribution is 2.31. The fourth-order valence-corrected chi connectivity index (χ4v) is 3.31. The van der Waals surface area contributed by atoms with Crippen molar-refractivity contribution < 1.29 is 14.4 Å². The van der Waals surface area contributed by atoms with Gasteiger partial charge in [0.2, 0.25) is 5.91 Å². The Hall–Kier alpha value is -2.69. The molecule has 5 heteroatoms. The maximum absolute atomic E-state index is 12.9. The molecule has 0 bridgehead atoms. The summed E-state index contributed by atoms with van der Waals surface area (Å²) >= 11 is 0. The molecular weight excluding hydrogens is 304 g/mol. The van der Waals surface area contributed by atoms with Crippen LogP contribution in [-0.4, -0.2) is 46.7 Å². The van der Waals surface area contributed by atoms with E-state index < -0.39 is 17.9 Å². The first-order chi connectivity index (χ1) is 11.5. The van der Waals surface area contributed by atoms with E-state index in [0.29, 0.717) is 29.6 Å². The van der Waals surface area contributed by atoms with Gasteiger partial charge in [-0.15, -0.1) is 0 Å². The molecule has 0 fully saturated rings. The van der Waals surface area contributed by atoms with Crippen LogP contribution in [0.25, 0.3) is 10.8 Å². The number of likely N-dealkylation sites (N-methyl/N-ethyl adjacent to an activating group) is 1. The molecule has 3 rings (SSSR count). The Kier molecular flexibility index (Phi) is 4.09. The second kappa shape index (κ2) is 6.07. The maximum Gasteiger partial charge on any atom is 0.262 e. The molecule has 0 aromatic heterocycles. The third-order valence-corrected chi connectivity index (χ3v) is 4.62. The van der Waals surface area contributed by atoms with Crippen LogP contribution in [-0.2, 0) is 4.79 Å². The van der Waals surface area contributed by atoms with Gasteiger partial charge in [0.25, 0.3) is 11.8 Å². The summed E-state index contributed by atoms with van der Waals surface area (Å²) < 4.78 is 0. The molecule has 24 heavy (non-hydrogen) atoms. The zero-order chi connectivity index (χ0) is 17.4. The Labute approximate surface area is 140 Å². The van der Waals surface area contributed by atoms with Crippen LogP contribution < -0.4 is 0 Å². The third-order valence-electron chi connectivity index (χ3n) is 4.62. The summed E-state index contributed by atoms with van der Waals surface area (Å²) in [5, 5.41) is 1.53. The van der Waals surface area contributed by atoms with E-state index in [0.717, 1.165) is 10.3 Å². The average Bonchev–Trinajstić information content (AvgIpc) is 2.60. The van der Waals surface area contributed by atoms with E-state index >= 15 is 0 Å². The van der Waals surface area contributed by atoms with Gasteiger partial charge in [-0.25, -0.2) is 0 Å². The Bertz CT molecular complexity index is 789. The molecule has 2 aromatic carbocycles. The van der Waals surface area contributed by atoms with Crippen molar-refractivity contribution in [2.45, 2.75) is 26.8 Å². The fraction of sp³-hybridized carbons (Fsp3) is 0.316. The first-order valence-corrected chi connectivity index (χ1v) is 8.19. The van der Waals surface area contributed by atoms with E-state index in [4.69, 9.17) is 0 Å². The molecule has 5 nitrogen and oxygen atoms in total. The lowest BCUT2D eigenvalue weighted by Crippen LogP contribution is -2.53. The fourth-order valence-electron chi connectivity index (χ4n) is 3.31. The van der Waals surface area contributed by atoms with E-state index in [1.54, 1.807) is 36.1 Å². The number of carbonyl (C=O) groups is 3. The van der Waals surface area contributed by atoms with Crippen molar-refractivity contribution in [1.29, 1.82) is 0 Å². The first-order valence-electron chi connectivity index (χ1n) is 8.19. The van der Waals surface area contributed by atoms with E-state index in [-0.39, 0.29) is 5.91 Å². The number of nitrogens with zero attached hydrogens (tertiary/aromatic N) is 2. The predicted octanol–water partition coefficient (Wildman–Crippen LogP) is 2.69. The molecule has 1 aliphatic heterocycles. The van der Waals surface area contributed by atoms with Gasteiger partial charge >= 0.3 is 0 Å². The van der Waals surface area contributed by atoms with Gasteiger partial charge in [-0.2, -0.15) is 0 Å². The minimum absolute atomic E-state index is 0.215. The van der Waals surface area contributed by atoms with Crippen molar-refractivity contribution in [2.24, 2.45) is 0 Å². The molecular formula is C19H20N2O3. The van der Waals surface area contributed by atoms with Crippen LogP contribution in [0.1, 0.15) is 41.5 Å². The quantitative estimate of drug-likeness (QED) is 0.813. The zero-order valence-electron chi connectivity index (χ0n) is 14.1. The summed E-state index contributed by atoms with van der Waals surface area (Å²) in [6.07, 6.45) is 0. The summed E-state index contributed by atoms with van der Waals surface area (Å²) in [5.74, 6) is -1.03. The van der Waals surface area contributed by atoms with E-state index in [1.165, 1.54) is 0 Å². The molecule has 1 aliphatic rings. The van der Waals surface area contributed by atoms with Gasteiger partial charge in [0.05, 0.1) is 0 Å². The molecule has 3 amide bonds. The molecule has 0 aliphatic carbocycles. The van der Waals surface area contributed by atoms with Crippen LogP contribution >= 0.6 is 0 Å². The highest BCUT2D eigenvalue weighted by molar-refractivity contribution is 6.26. The number of benzene rings is 2. The topological polar surface area (TPSA) is 57.7 Å². The predicted molar refractivity (Wildman–Crippen MR) is 91.8 cm³/mol. The van der Waals surface area contributed by atoms with Gasteiger partial charge in [0.15, 0.2) is 0 Å². The Morgan fingerprint density at radius 2 is 1.50 bits per heavy atom. The average molecular weight is 324 g/mol. The van der Waals surface area contributed by atoms with Gasteiger partial charge in [-0.05, 0) is 38.3 Å². The largest absolute Gasteiger partial charge is 0.341 e. The summed E-state index contributed by atoms with van der Waals surface area (Å²) in [6.45, 7) is 6.46. The maximum atomic E-state index is 12.9. The molecule has 0 spiro atoms. The minimum Gasteiger partial charge on any atom is -0.341 e. The van der Waals surface area contributed by atoms with E-state index in [2.05, 4.69) is 0 Å². The van der Waals surface area contributed by atoms with E-state index in [9.17, 15) is 14.4 Å². The zero-order valence-corrected chi connectivity index (χ0v) is 14.1. The molecule has 0 unspecified atom stereocenters. The number of carbonyl (C=O) groups excluding carboxylic acids is 3. The van der Waals surface area contributed by atoms with Crippen molar-refractivity contribution in [3.63, 3.8) is 0 Å². The highest BCUT2D eigenvalue weighted by atomic mass is 16.2. The summed E-state index contributed by atoms with van der Waals surface area (Å²) in [4.78, 5) is 41.1. The van der Waals surface area contributed by atoms with E-state index in [1.807, 2.05) is 26.0 Å².